The van der Waals surface area contributed by atoms with E-state index in [-0.39, 0.29) is 12.2 Å². The van der Waals surface area contributed by atoms with Gasteiger partial charge in [-0.2, -0.15) is 5.06 Å². The molecule has 1 aromatic carbocycles. The molecule has 20 heavy (non-hydrogen) atoms. The summed E-state index contributed by atoms with van der Waals surface area (Å²) in [5, 5.41) is 22.2. The van der Waals surface area contributed by atoms with Gasteiger partial charge in [-0.25, -0.2) is 0 Å². The quantitative estimate of drug-likeness (QED) is 0.859. The van der Waals surface area contributed by atoms with E-state index in [1.54, 1.807) is 6.92 Å². The third kappa shape index (κ3) is 2.16. The molecule has 5 nitrogen and oxygen atoms in total. The molecular formula is C15H21NO4. The summed E-state index contributed by atoms with van der Waals surface area (Å²) in [6.45, 7) is 5.73. The average molecular weight is 279 g/mol. The molecule has 2 aliphatic heterocycles. The van der Waals surface area contributed by atoms with Crippen LogP contribution in [-0.4, -0.2) is 46.0 Å². The van der Waals surface area contributed by atoms with Gasteiger partial charge in [-0.15, -0.1) is 0 Å². The summed E-state index contributed by atoms with van der Waals surface area (Å²) >= 11 is 0. The Morgan fingerprint density at radius 1 is 1.25 bits per heavy atom. The molecule has 0 unspecified atom stereocenters. The molecule has 5 heteroatoms. The van der Waals surface area contributed by atoms with Crippen LogP contribution in [0.15, 0.2) is 30.3 Å². The zero-order chi connectivity index (χ0) is 14.5. The molecule has 1 aromatic rings. The monoisotopic (exact) mass is 279 g/mol. The molecule has 2 saturated heterocycles. The van der Waals surface area contributed by atoms with Crippen molar-refractivity contribution in [3.8, 4) is 0 Å². The summed E-state index contributed by atoms with van der Waals surface area (Å²) in [4.78, 5) is 0. The first-order valence-corrected chi connectivity index (χ1v) is 6.90. The summed E-state index contributed by atoms with van der Waals surface area (Å²) in [6, 6.07) is 8.77. The molecule has 110 valence electrons. The molecular weight excluding hydrogens is 258 g/mol. The Hall–Kier alpha value is -0.980. The fraction of sp³-hybridized carbons (Fsp3) is 0.600. The number of rotatable bonds is 2. The van der Waals surface area contributed by atoms with Gasteiger partial charge in [0.1, 0.15) is 17.8 Å². The molecule has 2 heterocycles. The Balaban J connectivity index is 1.92. The molecule has 2 N–H and O–H groups in total. The standard InChI is InChI=1S/C15H21NO4/c1-14(2)19-11-9-16(18)13(12(11)20-14)15(3,17)10-7-5-4-6-8-10/h4-8,11-13,17-18H,9H2,1-3H3/t11-,12-,13-,15-/m1/s1. The Bertz CT molecular complexity index is 488. The maximum absolute atomic E-state index is 10.9. The third-order valence-electron chi connectivity index (χ3n) is 4.15. The maximum atomic E-state index is 10.9. The summed E-state index contributed by atoms with van der Waals surface area (Å²) in [7, 11) is 0. The van der Waals surface area contributed by atoms with Gasteiger partial charge in [0.05, 0.1) is 12.6 Å². The van der Waals surface area contributed by atoms with E-state index in [1.807, 2.05) is 44.2 Å². The van der Waals surface area contributed by atoms with E-state index in [2.05, 4.69) is 0 Å². The minimum absolute atomic E-state index is 0.227. The predicted molar refractivity (Wildman–Crippen MR) is 72.1 cm³/mol. The summed E-state index contributed by atoms with van der Waals surface area (Å²) < 4.78 is 11.6. The van der Waals surface area contributed by atoms with Crippen LogP contribution in [0.25, 0.3) is 0 Å². The molecule has 2 fully saturated rings. The molecule has 0 spiro atoms. The van der Waals surface area contributed by atoms with Crippen LogP contribution in [0.5, 0.6) is 0 Å². The number of aliphatic hydroxyl groups is 1. The molecule has 0 radical (unpaired) electrons. The van der Waals surface area contributed by atoms with Gasteiger partial charge in [-0.1, -0.05) is 30.3 Å². The second kappa shape index (κ2) is 4.51. The van der Waals surface area contributed by atoms with Gasteiger partial charge in [-0.3, -0.25) is 0 Å². The highest BCUT2D eigenvalue weighted by atomic mass is 16.8. The lowest BCUT2D eigenvalue weighted by Crippen LogP contribution is -2.51. The highest BCUT2D eigenvalue weighted by Gasteiger charge is 2.58. The van der Waals surface area contributed by atoms with Crippen LogP contribution in [0.2, 0.25) is 0 Å². The van der Waals surface area contributed by atoms with Crippen molar-refractivity contribution < 1.29 is 19.8 Å². The van der Waals surface area contributed by atoms with E-state index in [0.717, 1.165) is 10.6 Å². The molecule has 0 aromatic heterocycles. The number of ether oxygens (including phenoxy) is 2. The number of hydrogen-bond acceptors (Lipinski definition) is 5. The molecule has 0 amide bonds. The van der Waals surface area contributed by atoms with E-state index in [0.29, 0.717) is 6.54 Å². The second-order valence-corrected chi connectivity index (χ2v) is 6.22. The Morgan fingerprint density at radius 3 is 2.55 bits per heavy atom. The second-order valence-electron chi connectivity index (χ2n) is 6.22. The Kier molecular flexibility index (Phi) is 3.15. The van der Waals surface area contributed by atoms with Gasteiger partial charge >= 0.3 is 0 Å². The molecule has 0 bridgehead atoms. The number of fused-ring (bicyclic) bond motifs is 1. The lowest BCUT2D eigenvalue weighted by Gasteiger charge is -2.37. The number of nitrogens with zero attached hydrogens (tertiary/aromatic N) is 1. The van der Waals surface area contributed by atoms with E-state index in [4.69, 9.17) is 9.47 Å². The van der Waals surface area contributed by atoms with Crippen LogP contribution in [0.3, 0.4) is 0 Å². The van der Waals surface area contributed by atoms with E-state index in [1.165, 1.54) is 0 Å². The van der Waals surface area contributed by atoms with Crippen molar-refractivity contribution in [1.82, 2.24) is 5.06 Å². The van der Waals surface area contributed by atoms with Crippen molar-refractivity contribution in [1.29, 1.82) is 0 Å². The lowest BCUT2D eigenvalue weighted by atomic mass is 9.85. The fourth-order valence-corrected chi connectivity index (χ4v) is 3.30. The van der Waals surface area contributed by atoms with Crippen LogP contribution in [0, 0.1) is 0 Å². The molecule has 0 saturated carbocycles. The summed E-state index contributed by atoms with van der Waals surface area (Å²) in [5.41, 5.74) is -0.475. The van der Waals surface area contributed by atoms with Crippen LogP contribution >= 0.6 is 0 Å². The number of hydrogen-bond donors (Lipinski definition) is 2. The maximum Gasteiger partial charge on any atom is 0.163 e. The minimum Gasteiger partial charge on any atom is -0.384 e. The molecule has 3 rings (SSSR count). The van der Waals surface area contributed by atoms with Gasteiger partial charge in [0.2, 0.25) is 0 Å². The van der Waals surface area contributed by atoms with E-state index >= 15 is 0 Å². The van der Waals surface area contributed by atoms with Gasteiger partial charge in [0, 0.05) is 0 Å². The molecule has 4 atom stereocenters. The van der Waals surface area contributed by atoms with Crippen LogP contribution in [0.1, 0.15) is 26.3 Å². The minimum atomic E-state index is -1.22. The van der Waals surface area contributed by atoms with E-state index < -0.39 is 17.4 Å². The van der Waals surface area contributed by atoms with Crippen LogP contribution < -0.4 is 0 Å². The lowest BCUT2D eigenvalue weighted by molar-refractivity contribution is -0.226. The average Bonchev–Trinajstić information content (AvgIpc) is 2.80. The van der Waals surface area contributed by atoms with Gasteiger partial charge in [0.25, 0.3) is 0 Å². The zero-order valence-corrected chi connectivity index (χ0v) is 12.0. The SMILES string of the molecule is CC1(C)O[C@@H]2[C@@H](CN(O)[C@H]2[C@](C)(O)c2ccccc2)O1. The highest BCUT2D eigenvalue weighted by Crippen LogP contribution is 2.42. The number of hydroxylamine groups is 2. The van der Waals surface area contributed by atoms with Crippen molar-refractivity contribution in [2.45, 2.75) is 50.4 Å². The van der Waals surface area contributed by atoms with Crippen molar-refractivity contribution in [2.24, 2.45) is 0 Å². The van der Waals surface area contributed by atoms with Crippen molar-refractivity contribution >= 4 is 0 Å². The fourth-order valence-electron chi connectivity index (χ4n) is 3.30. The van der Waals surface area contributed by atoms with Gasteiger partial charge in [-0.05, 0) is 26.3 Å². The Labute approximate surface area is 118 Å². The first-order chi connectivity index (χ1) is 9.31. The molecule has 0 aliphatic carbocycles. The third-order valence-corrected chi connectivity index (χ3v) is 4.15. The van der Waals surface area contributed by atoms with Crippen molar-refractivity contribution in [2.75, 3.05) is 6.54 Å². The summed E-state index contributed by atoms with van der Waals surface area (Å²) in [6.07, 6.45) is -0.583. The Morgan fingerprint density at radius 2 is 1.90 bits per heavy atom. The topological polar surface area (TPSA) is 62.2 Å². The van der Waals surface area contributed by atoms with Crippen LogP contribution in [-0.2, 0) is 15.1 Å². The first-order valence-electron chi connectivity index (χ1n) is 6.90. The normalized spacial score (nSPS) is 35.8. The smallest absolute Gasteiger partial charge is 0.163 e. The zero-order valence-electron chi connectivity index (χ0n) is 12.0. The van der Waals surface area contributed by atoms with Gasteiger partial charge < -0.3 is 19.8 Å². The molecule has 2 aliphatic rings. The van der Waals surface area contributed by atoms with Gasteiger partial charge in [0.15, 0.2) is 5.79 Å². The first kappa shape index (κ1) is 14.0. The van der Waals surface area contributed by atoms with Crippen molar-refractivity contribution in [3.63, 3.8) is 0 Å². The largest absolute Gasteiger partial charge is 0.384 e. The van der Waals surface area contributed by atoms with E-state index in [9.17, 15) is 10.3 Å². The van der Waals surface area contributed by atoms with Crippen LogP contribution in [0.4, 0.5) is 0 Å². The number of benzene rings is 1. The highest BCUT2D eigenvalue weighted by molar-refractivity contribution is 5.25. The van der Waals surface area contributed by atoms with Crippen molar-refractivity contribution in [3.05, 3.63) is 35.9 Å². The summed E-state index contributed by atoms with van der Waals surface area (Å²) in [5.74, 6) is -0.679. The predicted octanol–water partition coefficient (Wildman–Crippen LogP) is 1.49.